The molecule has 1 saturated heterocycles. The minimum atomic E-state index is -3.27. The molecular weight excluding hydrogens is 430 g/mol. The van der Waals surface area contributed by atoms with Gasteiger partial charge in [0.25, 0.3) is 0 Å². The number of aromatic nitrogens is 2. The van der Waals surface area contributed by atoms with Crippen LogP contribution in [0.5, 0.6) is 0 Å². The highest BCUT2D eigenvalue weighted by atomic mass is 35.5. The van der Waals surface area contributed by atoms with E-state index in [1.54, 1.807) is 12.3 Å². The molecule has 2 aromatic heterocycles. The minimum absolute atomic E-state index is 0.0467. The molecule has 0 aliphatic carbocycles. The average molecular weight is 456 g/mol. The number of halogens is 1. The molecule has 0 bridgehead atoms. The van der Waals surface area contributed by atoms with Gasteiger partial charge in [0, 0.05) is 52.9 Å². The minimum Gasteiger partial charge on any atom is -0.270 e. The number of anilines is 1. The van der Waals surface area contributed by atoms with Crippen LogP contribution in [0, 0.1) is 0 Å². The molecular formula is C24H26ClN3O2S. The molecule has 4 rings (SSSR count). The Balaban J connectivity index is 1.69. The molecule has 1 fully saturated rings. The fraction of sp³-hybridized carbons (Fsp3) is 0.333. The summed E-state index contributed by atoms with van der Waals surface area (Å²) in [4.78, 5) is 8.92. The second-order valence-corrected chi connectivity index (χ2v) is 11.3. The van der Waals surface area contributed by atoms with Gasteiger partial charge in [-0.25, -0.2) is 8.42 Å². The second-order valence-electron chi connectivity index (χ2n) is 8.90. The van der Waals surface area contributed by atoms with Crippen LogP contribution in [0.15, 0.2) is 55.0 Å². The van der Waals surface area contributed by atoms with Crippen molar-refractivity contribution in [1.82, 2.24) is 9.97 Å². The summed E-state index contributed by atoms with van der Waals surface area (Å²) >= 11 is 6.60. The third kappa shape index (κ3) is 4.60. The van der Waals surface area contributed by atoms with Gasteiger partial charge in [0.05, 0.1) is 16.5 Å². The van der Waals surface area contributed by atoms with E-state index in [9.17, 15) is 8.42 Å². The van der Waals surface area contributed by atoms with Gasteiger partial charge >= 0.3 is 0 Å². The topological polar surface area (TPSA) is 63.2 Å². The van der Waals surface area contributed by atoms with Gasteiger partial charge in [-0.15, -0.1) is 0 Å². The Morgan fingerprint density at radius 2 is 1.74 bits per heavy atom. The maximum atomic E-state index is 12.4. The molecule has 0 unspecified atom stereocenters. The number of sulfonamides is 1. The SMILES string of the molecule is CC(C)(C)c1cc(-c2cncc(-c3ccc(N4CCCCS4(=O)=O)cc3Cl)c2)ccn1. The summed E-state index contributed by atoms with van der Waals surface area (Å²) < 4.78 is 26.3. The Labute approximate surface area is 189 Å². The molecule has 1 aliphatic heterocycles. The van der Waals surface area contributed by atoms with Crippen molar-refractivity contribution in [2.24, 2.45) is 0 Å². The summed E-state index contributed by atoms with van der Waals surface area (Å²) in [6.07, 6.45) is 6.98. The van der Waals surface area contributed by atoms with E-state index < -0.39 is 10.0 Å². The van der Waals surface area contributed by atoms with Crippen LogP contribution < -0.4 is 4.31 Å². The van der Waals surface area contributed by atoms with Crippen LogP contribution in [0.4, 0.5) is 5.69 Å². The second kappa shape index (κ2) is 8.24. The maximum absolute atomic E-state index is 12.4. The van der Waals surface area contributed by atoms with Crippen molar-refractivity contribution in [3.8, 4) is 22.3 Å². The highest BCUT2D eigenvalue weighted by Gasteiger charge is 2.26. The van der Waals surface area contributed by atoms with Gasteiger partial charge in [0.2, 0.25) is 10.0 Å². The molecule has 1 aromatic carbocycles. The van der Waals surface area contributed by atoms with Crippen LogP contribution in [-0.2, 0) is 15.4 Å². The van der Waals surface area contributed by atoms with Gasteiger partial charge in [0.1, 0.15) is 0 Å². The number of nitrogens with zero attached hydrogens (tertiary/aromatic N) is 3. The van der Waals surface area contributed by atoms with Gasteiger partial charge in [-0.1, -0.05) is 38.4 Å². The summed E-state index contributed by atoms with van der Waals surface area (Å²) in [7, 11) is -3.27. The van der Waals surface area contributed by atoms with Gasteiger partial charge < -0.3 is 0 Å². The quantitative estimate of drug-likeness (QED) is 0.508. The van der Waals surface area contributed by atoms with Crippen molar-refractivity contribution in [1.29, 1.82) is 0 Å². The lowest BCUT2D eigenvalue weighted by atomic mass is 9.90. The van der Waals surface area contributed by atoms with Gasteiger partial charge in [0.15, 0.2) is 0 Å². The van der Waals surface area contributed by atoms with Crippen molar-refractivity contribution in [3.05, 3.63) is 65.7 Å². The van der Waals surface area contributed by atoms with Crippen molar-refractivity contribution in [2.75, 3.05) is 16.6 Å². The molecule has 0 atom stereocenters. The van der Waals surface area contributed by atoms with Crippen LogP contribution in [0.1, 0.15) is 39.3 Å². The van der Waals surface area contributed by atoms with E-state index in [1.807, 2.05) is 36.7 Å². The number of rotatable bonds is 3. The summed E-state index contributed by atoms with van der Waals surface area (Å²) in [5.74, 6) is 0.181. The first-order chi connectivity index (χ1) is 14.6. The highest BCUT2D eigenvalue weighted by molar-refractivity contribution is 7.92. The predicted molar refractivity (Wildman–Crippen MR) is 127 cm³/mol. The monoisotopic (exact) mass is 455 g/mol. The summed E-state index contributed by atoms with van der Waals surface area (Å²) in [5.41, 5.74) is 5.30. The molecule has 0 N–H and O–H groups in total. The molecule has 0 radical (unpaired) electrons. The van der Waals surface area contributed by atoms with E-state index in [0.29, 0.717) is 23.7 Å². The summed E-state index contributed by atoms with van der Waals surface area (Å²) in [5, 5.41) is 0.502. The molecule has 162 valence electrons. The van der Waals surface area contributed by atoms with Gasteiger partial charge in [-0.3, -0.25) is 14.3 Å². The Kier molecular flexibility index (Phi) is 5.79. The standard InChI is InChI=1S/C24H26ClN3O2S/c1-24(2,3)23-13-17(8-9-27-23)18-12-19(16-26-15-18)21-7-6-20(14-22(21)25)28-10-4-5-11-31(28,29)30/h6-9,12-16H,4-5,10-11H2,1-3H3. The molecule has 3 heterocycles. The zero-order valence-electron chi connectivity index (χ0n) is 18.0. The number of pyridine rings is 2. The van der Waals surface area contributed by atoms with E-state index in [-0.39, 0.29) is 11.2 Å². The van der Waals surface area contributed by atoms with Crippen LogP contribution >= 0.6 is 11.6 Å². The molecule has 3 aromatic rings. The van der Waals surface area contributed by atoms with E-state index in [2.05, 4.69) is 36.8 Å². The largest absolute Gasteiger partial charge is 0.270 e. The average Bonchev–Trinajstić information content (AvgIpc) is 2.73. The van der Waals surface area contributed by atoms with Crippen LogP contribution in [0.2, 0.25) is 5.02 Å². The van der Waals surface area contributed by atoms with Crippen molar-refractivity contribution in [3.63, 3.8) is 0 Å². The number of hydrogen-bond donors (Lipinski definition) is 0. The van der Waals surface area contributed by atoms with Crippen LogP contribution in [-0.4, -0.2) is 30.7 Å². The molecule has 1 aliphatic rings. The van der Waals surface area contributed by atoms with E-state index in [0.717, 1.165) is 34.4 Å². The lowest BCUT2D eigenvalue weighted by molar-refractivity contribution is 0.569. The van der Waals surface area contributed by atoms with Gasteiger partial charge in [-0.05, 0) is 48.7 Å². The lowest BCUT2D eigenvalue weighted by Gasteiger charge is -2.28. The fourth-order valence-corrected chi connectivity index (χ4v) is 5.65. The Bertz CT molecular complexity index is 1220. The molecule has 5 nitrogen and oxygen atoms in total. The first-order valence-electron chi connectivity index (χ1n) is 10.4. The third-order valence-electron chi connectivity index (χ3n) is 5.50. The van der Waals surface area contributed by atoms with Crippen molar-refractivity contribution in [2.45, 2.75) is 39.0 Å². The molecule has 7 heteroatoms. The lowest BCUT2D eigenvalue weighted by Crippen LogP contribution is -2.37. The van der Waals surface area contributed by atoms with E-state index in [1.165, 1.54) is 4.31 Å². The molecule has 31 heavy (non-hydrogen) atoms. The number of benzene rings is 1. The molecule has 0 amide bonds. The Hall–Kier alpha value is -2.44. The maximum Gasteiger partial charge on any atom is 0.235 e. The summed E-state index contributed by atoms with van der Waals surface area (Å²) in [6, 6.07) is 11.5. The fourth-order valence-electron chi connectivity index (χ4n) is 3.74. The predicted octanol–water partition coefficient (Wildman–Crippen LogP) is 5.69. The zero-order valence-corrected chi connectivity index (χ0v) is 19.5. The van der Waals surface area contributed by atoms with Crippen LogP contribution in [0.3, 0.4) is 0 Å². The first kappa shape index (κ1) is 21.8. The van der Waals surface area contributed by atoms with E-state index >= 15 is 0 Å². The Morgan fingerprint density at radius 3 is 2.45 bits per heavy atom. The van der Waals surface area contributed by atoms with Crippen molar-refractivity contribution < 1.29 is 8.42 Å². The van der Waals surface area contributed by atoms with E-state index in [4.69, 9.17) is 11.6 Å². The number of hydrogen-bond acceptors (Lipinski definition) is 4. The molecule has 0 saturated carbocycles. The normalized spacial score (nSPS) is 16.3. The van der Waals surface area contributed by atoms with Crippen molar-refractivity contribution >= 4 is 27.3 Å². The highest BCUT2D eigenvalue weighted by Crippen LogP contribution is 2.35. The zero-order chi connectivity index (χ0) is 22.2. The van der Waals surface area contributed by atoms with Crippen LogP contribution in [0.25, 0.3) is 22.3 Å². The summed E-state index contributed by atoms with van der Waals surface area (Å²) in [6.45, 7) is 6.90. The Morgan fingerprint density at radius 1 is 0.968 bits per heavy atom. The molecule has 0 spiro atoms. The first-order valence-corrected chi connectivity index (χ1v) is 12.4. The van der Waals surface area contributed by atoms with Gasteiger partial charge in [-0.2, -0.15) is 0 Å². The smallest absolute Gasteiger partial charge is 0.235 e. The third-order valence-corrected chi connectivity index (χ3v) is 7.68.